The lowest BCUT2D eigenvalue weighted by Crippen LogP contribution is -2.51. The van der Waals surface area contributed by atoms with Gasteiger partial charge in [0.2, 0.25) is 5.91 Å². The molecular formula is C22H30N4O3. The molecule has 2 atom stereocenters. The molecule has 1 aromatic heterocycles. The number of hydrogen-bond donors (Lipinski definition) is 1. The maximum Gasteiger partial charge on any atom is 0.410 e. The van der Waals surface area contributed by atoms with Gasteiger partial charge in [-0.25, -0.2) is 9.78 Å². The average molecular weight is 399 g/mol. The second kappa shape index (κ2) is 7.69. The Labute approximate surface area is 171 Å². The Morgan fingerprint density at radius 3 is 2.66 bits per heavy atom. The molecular weight excluding hydrogens is 368 g/mol. The summed E-state index contributed by atoms with van der Waals surface area (Å²) >= 11 is 0. The fourth-order valence-corrected chi connectivity index (χ4v) is 4.34. The molecule has 7 nitrogen and oxygen atoms in total. The van der Waals surface area contributed by atoms with Crippen LogP contribution in [0.5, 0.6) is 0 Å². The highest BCUT2D eigenvalue weighted by atomic mass is 16.6. The standard InChI is InChI=1S/C22H30N4O3/c1-22(2,3)29-21(28)26-13-7-11-18(26)20(27)25-12-6-8-15(14-25)19-23-16-9-4-5-10-17(16)24-19/h4-5,9-10,15,18H,6-8,11-14H2,1-3H3,(H,23,24)/t15-,18+/m0/s1. The number of ether oxygens (including phenoxy) is 1. The van der Waals surface area contributed by atoms with Gasteiger partial charge in [-0.1, -0.05) is 12.1 Å². The SMILES string of the molecule is CC(C)(C)OC(=O)N1CCC[C@@H]1C(=O)N1CCC[C@H](c2nc3ccccc3[nH]2)C1. The Morgan fingerprint density at radius 1 is 1.14 bits per heavy atom. The summed E-state index contributed by atoms with van der Waals surface area (Å²) < 4.78 is 5.51. The van der Waals surface area contributed by atoms with Gasteiger partial charge in [-0.3, -0.25) is 9.69 Å². The number of nitrogens with zero attached hydrogens (tertiary/aromatic N) is 3. The third-order valence-corrected chi connectivity index (χ3v) is 5.69. The number of benzene rings is 1. The maximum atomic E-state index is 13.3. The fraction of sp³-hybridized carbons (Fsp3) is 0.591. The highest BCUT2D eigenvalue weighted by Crippen LogP contribution is 2.29. The minimum atomic E-state index is -0.565. The van der Waals surface area contributed by atoms with Crippen molar-refractivity contribution in [2.24, 2.45) is 0 Å². The number of likely N-dealkylation sites (tertiary alicyclic amines) is 2. The molecule has 2 amide bonds. The van der Waals surface area contributed by atoms with E-state index in [4.69, 9.17) is 9.72 Å². The van der Waals surface area contributed by atoms with E-state index in [0.717, 1.165) is 42.7 Å². The summed E-state index contributed by atoms with van der Waals surface area (Å²) in [5.41, 5.74) is 1.42. The van der Waals surface area contributed by atoms with Crippen LogP contribution >= 0.6 is 0 Å². The van der Waals surface area contributed by atoms with Gasteiger partial charge in [0.15, 0.2) is 0 Å². The number of carbonyl (C=O) groups is 2. The molecule has 29 heavy (non-hydrogen) atoms. The van der Waals surface area contributed by atoms with Crippen LogP contribution in [0.4, 0.5) is 4.79 Å². The summed E-state index contributed by atoms with van der Waals surface area (Å²) in [5, 5.41) is 0. The van der Waals surface area contributed by atoms with E-state index in [-0.39, 0.29) is 17.9 Å². The molecule has 2 aliphatic heterocycles. The van der Waals surface area contributed by atoms with E-state index in [1.165, 1.54) is 0 Å². The summed E-state index contributed by atoms with van der Waals surface area (Å²) in [5.74, 6) is 1.17. The number of rotatable bonds is 2. The Morgan fingerprint density at radius 2 is 1.90 bits per heavy atom. The fourth-order valence-electron chi connectivity index (χ4n) is 4.34. The summed E-state index contributed by atoms with van der Waals surface area (Å²) in [6, 6.07) is 7.58. The first-order chi connectivity index (χ1) is 13.8. The van der Waals surface area contributed by atoms with Crippen LogP contribution in [0.15, 0.2) is 24.3 Å². The van der Waals surface area contributed by atoms with E-state index in [2.05, 4.69) is 4.98 Å². The predicted molar refractivity (Wildman–Crippen MR) is 111 cm³/mol. The topological polar surface area (TPSA) is 78.5 Å². The maximum absolute atomic E-state index is 13.3. The molecule has 7 heteroatoms. The van der Waals surface area contributed by atoms with Gasteiger partial charge in [0.1, 0.15) is 17.5 Å². The molecule has 0 radical (unpaired) electrons. The molecule has 0 aliphatic carbocycles. The first-order valence-electron chi connectivity index (χ1n) is 10.5. The molecule has 2 fully saturated rings. The molecule has 0 spiro atoms. The van der Waals surface area contributed by atoms with Crippen molar-refractivity contribution in [3.8, 4) is 0 Å². The molecule has 3 heterocycles. The van der Waals surface area contributed by atoms with Crippen molar-refractivity contribution in [1.29, 1.82) is 0 Å². The number of fused-ring (bicyclic) bond motifs is 1. The lowest BCUT2D eigenvalue weighted by Gasteiger charge is -2.36. The minimum absolute atomic E-state index is 0.0363. The second-order valence-electron chi connectivity index (χ2n) is 9.09. The van der Waals surface area contributed by atoms with Crippen molar-refractivity contribution in [1.82, 2.24) is 19.8 Å². The largest absolute Gasteiger partial charge is 0.444 e. The molecule has 2 aliphatic rings. The van der Waals surface area contributed by atoms with Gasteiger partial charge in [-0.2, -0.15) is 0 Å². The Bertz CT molecular complexity index is 868. The lowest BCUT2D eigenvalue weighted by molar-refractivity contribution is -0.137. The predicted octanol–water partition coefficient (Wildman–Crippen LogP) is 3.67. The zero-order valence-corrected chi connectivity index (χ0v) is 17.5. The van der Waals surface area contributed by atoms with Crippen molar-refractivity contribution in [2.75, 3.05) is 19.6 Å². The van der Waals surface area contributed by atoms with Crippen LogP contribution in [0.3, 0.4) is 0 Å². The first-order valence-corrected chi connectivity index (χ1v) is 10.5. The van der Waals surface area contributed by atoms with Gasteiger partial charge in [0, 0.05) is 25.6 Å². The summed E-state index contributed by atoms with van der Waals surface area (Å²) in [6.07, 6.45) is 3.08. The zero-order chi connectivity index (χ0) is 20.6. The van der Waals surface area contributed by atoms with Gasteiger partial charge >= 0.3 is 6.09 Å². The number of aromatic nitrogens is 2. The Hall–Kier alpha value is -2.57. The second-order valence-corrected chi connectivity index (χ2v) is 9.09. The van der Waals surface area contributed by atoms with Crippen molar-refractivity contribution in [3.63, 3.8) is 0 Å². The molecule has 4 rings (SSSR count). The molecule has 1 aromatic carbocycles. The number of nitrogens with one attached hydrogen (secondary N) is 1. The van der Waals surface area contributed by atoms with Crippen LogP contribution in [-0.4, -0.2) is 63.0 Å². The zero-order valence-electron chi connectivity index (χ0n) is 17.5. The van der Waals surface area contributed by atoms with Crippen molar-refractivity contribution < 1.29 is 14.3 Å². The summed E-state index contributed by atoms with van der Waals surface area (Å²) in [4.78, 5) is 37.5. The molecule has 2 saturated heterocycles. The van der Waals surface area contributed by atoms with Gasteiger partial charge in [0.05, 0.1) is 11.0 Å². The lowest BCUT2D eigenvalue weighted by atomic mass is 9.96. The van der Waals surface area contributed by atoms with Crippen LogP contribution in [0.25, 0.3) is 11.0 Å². The van der Waals surface area contributed by atoms with Gasteiger partial charge in [-0.05, 0) is 58.6 Å². The van der Waals surface area contributed by atoms with Crippen LogP contribution in [0.1, 0.15) is 58.2 Å². The number of hydrogen-bond acceptors (Lipinski definition) is 4. The Kier molecular flexibility index (Phi) is 5.23. The number of aromatic amines is 1. The van der Waals surface area contributed by atoms with Crippen molar-refractivity contribution in [3.05, 3.63) is 30.1 Å². The van der Waals surface area contributed by atoms with Gasteiger partial charge in [0.25, 0.3) is 0 Å². The number of imidazole rings is 1. The third kappa shape index (κ3) is 4.23. The quantitative estimate of drug-likeness (QED) is 0.837. The van der Waals surface area contributed by atoms with Crippen LogP contribution in [0, 0.1) is 0 Å². The third-order valence-electron chi connectivity index (χ3n) is 5.69. The number of piperidine rings is 1. The summed E-state index contributed by atoms with van der Waals surface area (Å²) in [7, 11) is 0. The van der Waals surface area contributed by atoms with Crippen LogP contribution in [-0.2, 0) is 9.53 Å². The number of H-pyrrole nitrogens is 1. The normalized spacial score (nSPS) is 22.9. The van der Waals surface area contributed by atoms with Crippen molar-refractivity contribution in [2.45, 2.75) is 64.0 Å². The van der Waals surface area contributed by atoms with E-state index >= 15 is 0 Å². The summed E-state index contributed by atoms with van der Waals surface area (Å²) in [6.45, 7) is 7.48. The number of amides is 2. The van der Waals surface area contributed by atoms with E-state index in [9.17, 15) is 9.59 Å². The Balaban J connectivity index is 1.46. The molecule has 0 bridgehead atoms. The molecule has 0 unspecified atom stereocenters. The number of carbonyl (C=O) groups excluding carboxylic acids is 2. The van der Waals surface area contributed by atoms with Crippen LogP contribution < -0.4 is 0 Å². The van der Waals surface area contributed by atoms with Crippen LogP contribution in [0.2, 0.25) is 0 Å². The molecule has 0 saturated carbocycles. The average Bonchev–Trinajstić information content (AvgIpc) is 3.33. The minimum Gasteiger partial charge on any atom is -0.444 e. The van der Waals surface area contributed by atoms with Gasteiger partial charge in [-0.15, -0.1) is 0 Å². The highest BCUT2D eigenvalue weighted by molar-refractivity contribution is 5.86. The molecule has 1 N–H and O–H groups in total. The van der Waals surface area contributed by atoms with E-state index in [0.29, 0.717) is 19.5 Å². The first kappa shape index (κ1) is 19.7. The monoisotopic (exact) mass is 398 g/mol. The molecule has 2 aromatic rings. The van der Waals surface area contributed by atoms with E-state index in [1.54, 1.807) is 4.90 Å². The number of para-hydroxylation sites is 2. The molecule has 156 valence electrons. The van der Waals surface area contributed by atoms with E-state index in [1.807, 2.05) is 49.9 Å². The van der Waals surface area contributed by atoms with Gasteiger partial charge < -0.3 is 14.6 Å². The smallest absolute Gasteiger partial charge is 0.410 e. The van der Waals surface area contributed by atoms with E-state index < -0.39 is 11.6 Å². The highest BCUT2D eigenvalue weighted by Gasteiger charge is 2.40. The van der Waals surface area contributed by atoms with Crippen molar-refractivity contribution >= 4 is 23.0 Å².